The molecule has 0 radical (unpaired) electrons. The minimum Gasteiger partial charge on any atom is -0.454 e. The molecule has 0 amide bonds. The van der Waals surface area contributed by atoms with Gasteiger partial charge in [0.15, 0.2) is 22.5 Å². The Kier molecular flexibility index (Phi) is 5.90. The van der Waals surface area contributed by atoms with Crippen molar-refractivity contribution in [2.45, 2.75) is 31.0 Å². The molecule has 2 aliphatic rings. The van der Waals surface area contributed by atoms with Crippen molar-refractivity contribution < 1.29 is 9.47 Å². The van der Waals surface area contributed by atoms with Gasteiger partial charge in [0.2, 0.25) is 6.79 Å². The van der Waals surface area contributed by atoms with Crippen LogP contribution in [-0.4, -0.2) is 51.8 Å². The standard InChI is InChI=1S/C23H26N4O2S/c1-3-7-19(8-4-1)22-24-25-23(30-14-13-26-11-5-2-6-12-26)27(22)16-18-9-10-20-21(15-18)29-17-28-20/h1,3-4,7-10,15H,2,5-6,11-14,16-17H2. The summed E-state index contributed by atoms with van der Waals surface area (Å²) in [6, 6.07) is 16.4. The number of piperidine rings is 1. The molecule has 3 heterocycles. The highest BCUT2D eigenvalue weighted by molar-refractivity contribution is 7.99. The maximum Gasteiger partial charge on any atom is 0.231 e. The summed E-state index contributed by atoms with van der Waals surface area (Å²) in [4.78, 5) is 2.56. The molecule has 3 aromatic rings. The second-order valence-electron chi connectivity index (χ2n) is 7.70. The van der Waals surface area contributed by atoms with E-state index in [1.54, 1.807) is 11.8 Å². The average Bonchev–Trinajstić information content (AvgIpc) is 3.42. The van der Waals surface area contributed by atoms with Gasteiger partial charge >= 0.3 is 0 Å². The third-order valence-electron chi connectivity index (χ3n) is 5.61. The summed E-state index contributed by atoms with van der Waals surface area (Å²) in [6.07, 6.45) is 4.01. The molecule has 0 atom stereocenters. The van der Waals surface area contributed by atoms with E-state index in [9.17, 15) is 0 Å². The van der Waals surface area contributed by atoms with Gasteiger partial charge in [0.05, 0.1) is 6.54 Å². The molecule has 0 aliphatic carbocycles. The van der Waals surface area contributed by atoms with Crippen molar-refractivity contribution in [1.29, 1.82) is 0 Å². The second kappa shape index (κ2) is 9.10. The monoisotopic (exact) mass is 422 g/mol. The number of benzene rings is 2. The molecule has 5 rings (SSSR count). The Bertz CT molecular complexity index is 986. The highest BCUT2D eigenvalue weighted by atomic mass is 32.2. The Morgan fingerprint density at radius 2 is 1.73 bits per heavy atom. The zero-order valence-corrected chi connectivity index (χ0v) is 17.8. The Morgan fingerprint density at radius 3 is 2.60 bits per heavy atom. The van der Waals surface area contributed by atoms with Crippen LogP contribution in [0.5, 0.6) is 11.5 Å². The van der Waals surface area contributed by atoms with Crippen LogP contribution in [-0.2, 0) is 6.54 Å². The molecular formula is C23H26N4O2S. The third-order valence-corrected chi connectivity index (χ3v) is 6.56. The number of likely N-dealkylation sites (tertiary alicyclic amines) is 1. The Hall–Kier alpha value is -2.51. The molecule has 1 saturated heterocycles. The first kappa shape index (κ1) is 19.5. The normalized spacial score (nSPS) is 16.1. The molecule has 6 nitrogen and oxygen atoms in total. The van der Waals surface area contributed by atoms with Crippen molar-refractivity contribution in [2.24, 2.45) is 0 Å². The predicted octanol–water partition coefficient (Wildman–Crippen LogP) is 4.30. The quantitative estimate of drug-likeness (QED) is 0.529. The lowest BCUT2D eigenvalue weighted by molar-refractivity contribution is 0.174. The van der Waals surface area contributed by atoms with E-state index in [-0.39, 0.29) is 6.79 Å². The number of fused-ring (bicyclic) bond motifs is 1. The maximum atomic E-state index is 5.56. The fourth-order valence-corrected chi connectivity index (χ4v) is 4.95. The zero-order chi connectivity index (χ0) is 20.2. The molecule has 7 heteroatoms. The van der Waals surface area contributed by atoms with Crippen molar-refractivity contribution in [2.75, 3.05) is 32.2 Å². The summed E-state index contributed by atoms with van der Waals surface area (Å²) in [5.41, 5.74) is 2.22. The lowest BCUT2D eigenvalue weighted by Gasteiger charge is -2.25. The minimum atomic E-state index is 0.290. The van der Waals surface area contributed by atoms with Gasteiger partial charge in [-0.25, -0.2) is 0 Å². The Labute approximate surface area is 181 Å². The smallest absolute Gasteiger partial charge is 0.231 e. The van der Waals surface area contributed by atoms with Crippen molar-refractivity contribution in [3.05, 3.63) is 54.1 Å². The van der Waals surface area contributed by atoms with E-state index in [1.165, 1.54) is 32.4 Å². The fraction of sp³-hybridized carbons (Fsp3) is 0.391. The van der Waals surface area contributed by atoms with Gasteiger partial charge in [-0.3, -0.25) is 4.57 Å². The molecule has 30 heavy (non-hydrogen) atoms. The van der Waals surface area contributed by atoms with Crippen LogP contribution in [0, 0.1) is 0 Å². The van der Waals surface area contributed by atoms with Crippen LogP contribution in [0.1, 0.15) is 24.8 Å². The fourth-order valence-electron chi connectivity index (χ4n) is 4.01. The maximum absolute atomic E-state index is 5.56. The first-order valence-electron chi connectivity index (χ1n) is 10.6. The second-order valence-corrected chi connectivity index (χ2v) is 8.76. The van der Waals surface area contributed by atoms with Crippen molar-refractivity contribution in [1.82, 2.24) is 19.7 Å². The third kappa shape index (κ3) is 4.32. The van der Waals surface area contributed by atoms with Gasteiger partial charge in [-0.05, 0) is 43.6 Å². The lowest BCUT2D eigenvalue weighted by Crippen LogP contribution is -2.31. The largest absolute Gasteiger partial charge is 0.454 e. The van der Waals surface area contributed by atoms with Crippen molar-refractivity contribution in [3.63, 3.8) is 0 Å². The van der Waals surface area contributed by atoms with Crippen LogP contribution in [0.15, 0.2) is 53.7 Å². The van der Waals surface area contributed by atoms with E-state index < -0.39 is 0 Å². The predicted molar refractivity (Wildman–Crippen MR) is 118 cm³/mol. The van der Waals surface area contributed by atoms with Gasteiger partial charge in [0.1, 0.15) is 0 Å². The zero-order valence-electron chi connectivity index (χ0n) is 17.0. The van der Waals surface area contributed by atoms with Crippen LogP contribution in [0.2, 0.25) is 0 Å². The molecule has 0 unspecified atom stereocenters. The van der Waals surface area contributed by atoms with Crippen LogP contribution in [0.3, 0.4) is 0 Å². The van der Waals surface area contributed by atoms with Gasteiger partial charge in [0, 0.05) is 17.9 Å². The van der Waals surface area contributed by atoms with Crippen LogP contribution in [0.25, 0.3) is 11.4 Å². The van der Waals surface area contributed by atoms with E-state index in [4.69, 9.17) is 9.47 Å². The summed E-state index contributed by atoms with van der Waals surface area (Å²) in [5.74, 6) is 3.53. The summed E-state index contributed by atoms with van der Waals surface area (Å²) >= 11 is 1.79. The molecule has 0 spiro atoms. The first-order chi connectivity index (χ1) is 14.9. The first-order valence-corrected chi connectivity index (χ1v) is 11.6. The number of aromatic nitrogens is 3. The summed E-state index contributed by atoms with van der Waals surface area (Å²) in [5, 5.41) is 10.0. The molecule has 2 aromatic carbocycles. The van der Waals surface area contributed by atoms with Gasteiger partial charge in [-0.2, -0.15) is 0 Å². The molecule has 1 fully saturated rings. The molecular weight excluding hydrogens is 396 g/mol. The number of hydrogen-bond donors (Lipinski definition) is 0. The minimum absolute atomic E-state index is 0.290. The van der Waals surface area contributed by atoms with Gasteiger partial charge in [-0.15, -0.1) is 10.2 Å². The van der Waals surface area contributed by atoms with Crippen molar-refractivity contribution >= 4 is 11.8 Å². The number of nitrogens with zero attached hydrogens (tertiary/aromatic N) is 4. The molecule has 156 valence electrons. The highest BCUT2D eigenvalue weighted by Gasteiger charge is 2.18. The molecule has 2 aliphatic heterocycles. The van der Waals surface area contributed by atoms with Crippen LogP contribution >= 0.6 is 11.8 Å². The summed E-state index contributed by atoms with van der Waals surface area (Å²) < 4.78 is 13.2. The molecule has 0 N–H and O–H groups in total. The lowest BCUT2D eigenvalue weighted by atomic mass is 10.1. The van der Waals surface area contributed by atoms with Gasteiger partial charge < -0.3 is 14.4 Å². The van der Waals surface area contributed by atoms with E-state index in [1.807, 2.05) is 24.3 Å². The number of ether oxygens (including phenoxy) is 2. The van der Waals surface area contributed by atoms with E-state index in [0.29, 0.717) is 6.54 Å². The molecule has 0 bridgehead atoms. The summed E-state index contributed by atoms with van der Waals surface area (Å²) in [6.45, 7) is 4.53. The van der Waals surface area contributed by atoms with E-state index >= 15 is 0 Å². The van der Waals surface area contributed by atoms with Crippen LogP contribution in [0.4, 0.5) is 0 Å². The average molecular weight is 423 g/mol. The highest BCUT2D eigenvalue weighted by Crippen LogP contribution is 2.33. The van der Waals surface area contributed by atoms with Gasteiger partial charge in [-0.1, -0.05) is 54.6 Å². The topological polar surface area (TPSA) is 52.4 Å². The Balaban J connectivity index is 1.37. The summed E-state index contributed by atoms with van der Waals surface area (Å²) in [7, 11) is 0. The van der Waals surface area contributed by atoms with Crippen LogP contribution < -0.4 is 9.47 Å². The SMILES string of the molecule is c1ccc(-c2nnc(SCCN3CCCCC3)n2Cc2ccc3c(c2)OCO3)cc1. The van der Waals surface area contributed by atoms with Gasteiger partial charge in [0.25, 0.3) is 0 Å². The molecule has 0 saturated carbocycles. The molecule has 1 aromatic heterocycles. The number of hydrogen-bond acceptors (Lipinski definition) is 6. The number of rotatable bonds is 7. The van der Waals surface area contributed by atoms with Crippen molar-refractivity contribution in [3.8, 4) is 22.9 Å². The van der Waals surface area contributed by atoms with E-state index in [0.717, 1.165) is 45.9 Å². The Morgan fingerprint density at radius 1 is 0.900 bits per heavy atom. The number of thioether (sulfide) groups is 1. The van der Waals surface area contributed by atoms with E-state index in [2.05, 4.69) is 43.9 Å².